The molecule has 2 atom stereocenters. The minimum atomic E-state index is 0.284. The van der Waals surface area contributed by atoms with Gasteiger partial charge in [0.15, 0.2) is 0 Å². The first kappa shape index (κ1) is 16.3. The van der Waals surface area contributed by atoms with E-state index < -0.39 is 0 Å². The van der Waals surface area contributed by atoms with Gasteiger partial charge < -0.3 is 9.64 Å². The number of fused-ring (bicyclic) bond motifs is 3. The Morgan fingerprint density at radius 2 is 2.26 bits per heavy atom. The summed E-state index contributed by atoms with van der Waals surface area (Å²) in [6, 6.07) is 6.61. The number of ether oxygens (including phenoxy) is 1. The van der Waals surface area contributed by atoms with E-state index in [1.807, 2.05) is 6.08 Å². The summed E-state index contributed by atoms with van der Waals surface area (Å²) in [6.45, 7) is 5.94. The van der Waals surface area contributed by atoms with Crippen molar-refractivity contribution in [2.75, 3.05) is 27.2 Å². The quantitative estimate of drug-likeness (QED) is 0.709. The molecule has 0 spiro atoms. The van der Waals surface area contributed by atoms with Gasteiger partial charge >= 0.3 is 0 Å². The van der Waals surface area contributed by atoms with Crippen molar-refractivity contribution in [2.45, 2.75) is 37.5 Å². The Balaban J connectivity index is 1.95. The molecule has 0 bridgehead atoms. The number of methoxy groups -OCH3 is 1. The van der Waals surface area contributed by atoms with E-state index >= 15 is 0 Å². The molecule has 1 aromatic rings. The monoisotopic (exact) mass is 311 g/mol. The molecular formula is C21H29NO. The molecule has 0 radical (unpaired) electrons. The molecule has 23 heavy (non-hydrogen) atoms. The van der Waals surface area contributed by atoms with Crippen molar-refractivity contribution in [2.24, 2.45) is 5.92 Å². The van der Waals surface area contributed by atoms with E-state index in [1.54, 1.807) is 7.11 Å². The molecule has 0 amide bonds. The van der Waals surface area contributed by atoms with Gasteiger partial charge in [0, 0.05) is 12.0 Å². The van der Waals surface area contributed by atoms with Gasteiger partial charge in [-0.1, -0.05) is 37.1 Å². The lowest BCUT2D eigenvalue weighted by Crippen LogP contribution is -2.42. The lowest BCUT2D eigenvalue weighted by atomic mass is 9.58. The number of allylic oxidation sites excluding steroid dienone is 1. The summed E-state index contributed by atoms with van der Waals surface area (Å²) in [5.41, 5.74) is 3.18. The first-order chi connectivity index (χ1) is 11.2. The van der Waals surface area contributed by atoms with Gasteiger partial charge in [-0.05, 0) is 62.0 Å². The standard InChI is InChI=1S/C21H29NO/c1-4-14-22(2)15-13-21-12-6-5-7-18(21)10-8-17-9-11-19(23-3)16-20(17)21/h4,8-11,16,18H,1,5-7,12-15H2,2-3H3/t18-,21+/m1/s1. The predicted molar refractivity (Wildman–Crippen MR) is 98.0 cm³/mol. The highest BCUT2D eigenvalue weighted by Crippen LogP contribution is 2.51. The maximum atomic E-state index is 5.52. The van der Waals surface area contributed by atoms with Crippen LogP contribution in [-0.2, 0) is 5.41 Å². The molecule has 1 aromatic carbocycles. The molecule has 0 aliphatic heterocycles. The molecule has 2 heteroatoms. The van der Waals surface area contributed by atoms with Crippen LogP contribution in [-0.4, -0.2) is 32.1 Å². The second kappa shape index (κ2) is 6.92. The lowest BCUT2D eigenvalue weighted by Gasteiger charge is -2.47. The second-order valence-electron chi connectivity index (χ2n) is 7.12. The summed E-state index contributed by atoms with van der Waals surface area (Å²) in [7, 11) is 3.96. The van der Waals surface area contributed by atoms with Crippen LogP contribution in [0.25, 0.3) is 6.08 Å². The molecule has 3 rings (SSSR count). The molecule has 1 saturated carbocycles. The van der Waals surface area contributed by atoms with Crippen molar-refractivity contribution in [1.82, 2.24) is 4.90 Å². The van der Waals surface area contributed by atoms with Crippen molar-refractivity contribution in [3.63, 3.8) is 0 Å². The summed E-state index contributed by atoms with van der Waals surface area (Å²) in [4.78, 5) is 2.38. The second-order valence-corrected chi connectivity index (χ2v) is 7.12. The Morgan fingerprint density at radius 1 is 1.39 bits per heavy atom. The highest BCUT2D eigenvalue weighted by molar-refractivity contribution is 5.62. The van der Waals surface area contributed by atoms with Crippen LogP contribution in [0.4, 0.5) is 0 Å². The van der Waals surface area contributed by atoms with Gasteiger partial charge in [-0.25, -0.2) is 0 Å². The maximum Gasteiger partial charge on any atom is 0.119 e. The topological polar surface area (TPSA) is 12.5 Å². The molecule has 0 aromatic heterocycles. The molecule has 0 unspecified atom stereocenters. The van der Waals surface area contributed by atoms with Gasteiger partial charge in [0.1, 0.15) is 5.75 Å². The highest BCUT2D eigenvalue weighted by Gasteiger charge is 2.43. The van der Waals surface area contributed by atoms with E-state index in [1.165, 1.54) is 43.2 Å². The average Bonchev–Trinajstić information content (AvgIpc) is 2.59. The zero-order valence-corrected chi connectivity index (χ0v) is 14.6. The molecule has 2 nitrogen and oxygen atoms in total. The van der Waals surface area contributed by atoms with Gasteiger partial charge in [-0.2, -0.15) is 0 Å². The fourth-order valence-electron chi connectivity index (χ4n) is 4.49. The first-order valence-corrected chi connectivity index (χ1v) is 8.86. The molecule has 0 saturated heterocycles. The van der Waals surface area contributed by atoms with Crippen molar-refractivity contribution >= 4 is 6.08 Å². The van der Waals surface area contributed by atoms with E-state index in [-0.39, 0.29) is 5.41 Å². The van der Waals surface area contributed by atoms with Crippen LogP contribution in [0.2, 0.25) is 0 Å². The predicted octanol–water partition coefficient (Wildman–Crippen LogP) is 4.66. The lowest BCUT2D eigenvalue weighted by molar-refractivity contribution is 0.183. The maximum absolute atomic E-state index is 5.52. The minimum Gasteiger partial charge on any atom is -0.497 e. The van der Waals surface area contributed by atoms with E-state index in [0.29, 0.717) is 5.92 Å². The van der Waals surface area contributed by atoms with Crippen LogP contribution in [0.1, 0.15) is 43.2 Å². The number of nitrogens with zero attached hydrogens (tertiary/aromatic N) is 1. The van der Waals surface area contributed by atoms with Gasteiger partial charge in [-0.15, -0.1) is 6.58 Å². The fourth-order valence-corrected chi connectivity index (χ4v) is 4.49. The number of likely N-dealkylation sites (N-methyl/N-ethyl adjacent to an activating group) is 1. The summed E-state index contributed by atoms with van der Waals surface area (Å²) in [5.74, 6) is 1.66. The summed E-state index contributed by atoms with van der Waals surface area (Å²) in [6.07, 6.45) is 13.3. The number of rotatable bonds is 6. The molecule has 124 valence electrons. The van der Waals surface area contributed by atoms with Gasteiger partial charge in [0.25, 0.3) is 0 Å². The van der Waals surface area contributed by atoms with Crippen LogP contribution in [0.5, 0.6) is 5.75 Å². The Kier molecular flexibility index (Phi) is 4.91. The SMILES string of the molecule is C=CCN(C)CC[C@@]12CCCC[C@@H]1C=Cc1ccc(OC)cc12. The zero-order valence-electron chi connectivity index (χ0n) is 14.6. The average molecular weight is 311 g/mol. The zero-order chi connectivity index (χ0) is 16.3. The van der Waals surface area contributed by atoms with Crippen LogP contribution in [0, 0.1) is 5.92 Å². The Bertz CT molecular complexity index is 592. The first-order valence-electron chi connectivity index (χ1n) is 8.86. The van der Waals surface area contributed by atoms with Crippen molar-refractivity contribution in [3.05, 3.63) is 48.1 Å². The Morgan fingerprint density at radius 3 is 3.04 bits per heavy atom. The van der Waals surface area contributed by atoms with E-state index in [0.717, 1.165) is 18.8 Å². The Hall–Kier alpha value is -1.54. The molecule has 0 N–H and O–H groups in total. The Labute approximate surface area is 140 Å². The van der Waals surface area contributed by atoms with Crippen molar-refractivity contribution in [3.8, 4) is 5.75 Å². The largest absolute Gasteiger partial charge is 0.497 e. The third-order valence-electron chi connectivity index (χ3n) is 5.78. The van der Waals surface area contributed by atoms with Crippen LogP contribution >= 0.6 is 0 Å². The third kappa shape index (κ3) is 3.10. The minimum absolute atomic E-state index is 0.284. The van der Waals surface area contributed by atoms with E-state index in [2.05, 4.69) is 48.9 Å². The molecular weight excluding hydrogens is 282 g/mol. The smallest absolute Gasteiger partial charge is 0.119 e. The van der Waals surface area contributed by atoms with Crippen LogP contribution < -0.4 is 4.74 Å². The van der Waals surface area contributed by atoms with Crippen LogP contribution in [0.3, 0.4) is 0 Å². The summed E-state index contributed by atoms with van der Waals surface area (Å²) < 4.78 is 5.52. The van der Waals surface area contributed by atoms with Gasteiger partial charge in [-0.3, -0.25) is 0 Å². The van der Waals surface area contributed by atoms with Gasteiger partial charge in [0.05, 0.1) is 7.11 Å². The van der Waals surface area contributed by atoms with Gasteiger partial charge in [0.2, 0.25) is 0 Å². The molecule has 2 aliphatic carbocycles. The van der Waals surface area contributed by atoms with Crippen molar-refractivity contribution < 1.29 is 4.74 Å². The molecule has 2 aliphatic rings. The van der Waals surface area contributed by atoms with Crippen molar-refractivity contribution in [1.29, 1.82) is 0 Å². The highest BCUT2D eigenvalue weighted by atomic mass is 16.5. The van der Waals surface area contributed by atoms with E-state index in [4.69, 9.17) is 4.74 Å². The van der Waals surface area contributed by atoms with Crippen LogP contribution in [0.15, 0.2) is 36.9 Å². The molecule has 1 fully saturated rings. The summed E-state index contributed by atoms with van der Waals surface area (Å²) in [5, 5.41) is 0. The number of hydrogen-bond acceptors (Lipinski definition) is 2. The number of hydrogen-bond donors (Lipinski definition) is 0. The fraction of sp³-hybridized carbons (Fsp3) is 0.524. The number of benzene rings is 1. The third-order valence-corrected chi connectivity index (χ3v) is 5.78. The summed E-state index contributed by atoms with van der Waals surface area (Å²) >= 11 is 0. The normalized spacial score (nSPS) is 25.8. The molecule has 0 heterocycles. The van der Waals surface area contributed by atoms with E-state index in [9.17, 15) is 0 Å².